The molecule has 0 saturated carbocycles. The number of benzene rings is 1. The molecule has 0 radical (unpaired) electrons. The maximum Gasteiger partial charge on any atom is 0.137 e. The van der Waals surface area contributed by atoms with Gasteiger partial charge in [0.1, 0.15) is 5.75 Å². The van der Waals surface area contributed by atoms with Gasteiger partial charge in [0, 0.05) is 0 Å². The van der Waals surface area contributed by atoms with Crippen LogP contribution < -0.4 is 4.74 Å². The quantitative estimate of drug-likeness (QED) is 0.722. The Bertz CT molecular complexity index is 313. The zero-order valence-corrected chi connectivity index (χ0v) is 9.98. The summed E-state index contributed by atoms with van der Waals surface area (Å²) in [6.45, 7) is 6.64. The molecule has 0 aliphatic carbocycles. The van der Waals surface area contributed by atoms with E-state index in [1.54, 1.807) is 7.11 Å². The fourth-order valence-corrected chi connectivity index (χ4v) is 1.71. The molecule has 0 saturated heterocycles. The highest BCUT2D eigenvalue weighted by Crippen LogP contribution is 2.28. The van der Waals surface area contributed by atoms with E-state index in [9.17, 15) is 0 Å². The molecule has 0 atom stereocenters. The molecule has 1 nitrogen and oxygen atoms in total. The largest absolute Gasteiger partial charge is 0.495 e. The second kappa shape index (κ2) is 4.22. The SMILES string of the molecule is COc1ccc(CC(C)(C)C)cc1Cl. The van der Waals surface area contributed by atoms with Gasteiger partial charge in [-0.3, -0.25) is 0 Å². The summed E-state index contributed by atoms with van der Waals surface area (Å²) in [6, 6.07) is 5.96. The first-order valence-electron chi connectivity index (χ1n) is 4.75. The molecule has 14 heavy (non-hydrogen) atoms. The van der Waals surface area contributed by atoms with Crippen LogP contribution in [0.1, 0.15) is 26.3 Å². The summed E-state index contributed by atoms with van der Waals surface area (Å²) in [7, 11) is 1.63. The van der Waals surface area contributed by atoms with E-state index in [4.69, 9.17) is 16.3 Å². The molecule has 0 bridgehead atoms. The van der Waals surface area contributed by atoms with Gasteiger partial charge in [0.15, 0.2) is 0 Å². The number of rotatable bonds is 2. The minimum Gasteiger partial charge on any atom is -0.495 e. The number of ether oxygens (including phenoxy) is 1. The van der Waals surface area contributed by atoms with Crippen molar-refractivity contribution in [2.24, 2.45) is 5.41 Å². The second-order valence-electron chi connectivity index (χ2n) is 4.71. The summed E-state index contributed by atoms with van der Waals surface area (Å²) in [5.74, 6) is 0.740. The molecule has 0 heterocycles. The number of hydrogen-bond acceptors (Lipinski definition) is 1. The number of halogens is 1. The van der Waals surface area contributed by atoms with Crippen LogP contribution in [0.5, 0.6) is 5.75 Å². The summed E-state index contributed by atoms with van der Waals surface area (Å²) in [6.07, 6.45) is 1.02. The van der Waals surface area contributed by atoms with Crippen molar-refractivity contribution in [3.8, 4) is 5.75 Å². The highest BCUT2D eigenvalue weighted by Gasteiger charge is 2.12. The lowest BCUT2D eigenvalue weighted by Crippen LogP contribution is -2.08. The normalized spacial score (nSPS) is 11.5. The van der Waals surface area contributed by atoms with Crippen LogP contribution in [0.4, 0.5) is 0 Å². The van der Waals surface area contributed by atoms with Gasteiger partial charge in [-0.15, -0.1) is 0 Å². The maximum absolute atomic E-state index is 6.03. The Morgan fingerprint density at radius 2 is 1.93 bits per heavy atom. The third-order valence-corrected chi connectivity index (χ3v) is 2.25. The van der Waals surface area contributed by atoms with Gasteiger partial charge in [-0.2, -0.15) is 0 Å². The van der Waals surface area contributed by atoms with E-state index < -0.39 is 0 Å². The van der Waals surface area contributed by atoms with E-state index in [0.717, 1.165) is 12.2 Å². The lowest BCUT2D eigenvalue weighted by molar-refractivity contribution is 0.406. The smallest absolute Gasteiger partial charge is 0.137 e. The Kier molecular flexibility index (Phi) is 3.43. The highest BCUT2D eigenvalue weighted by atomic mass is 35.5. The van der Waals surface area contributed by atoms with Crippen LogP contribution >= 0.6 is 11.6 Å². The van der Waals surface area contributed by atoms with Crippen molar-refractivity contribution in [3.05, 3.63) is 28.8 Å². The lowest BCUT2D eigenvalue weighted by Gasteiger charge is -2.18. The molecule has 0 aliphatic heterocycles. The molecule has 1 aromatic rings. The van der Waals surface area contributed by atoms with Crippen molar-refractivity contribution in [1.82, 2.24) is 0 Å². The summed E-state index contributed by atoms with van der Waals surface area (Å²) >= 11 is 6.03. The minimum atomic E-state index is 0.290. The summed E-state index contributed by atoms with van der Waals surface area (Å²) in [5.41, 5.74) is 1.54. The fourth-order valence-electron chi connectivity index (χ4n) is 1.43. The molecule has 0 N–H and O–H groups in total. The molecule has 0 fully saturated rings. The second-order valence-corrected chi connectivity index (χ2v) is 5.11. The monoisotopic (exact) mass is 212 g/mol. The third kappa shape index (κ3) is 3.22. The summed E-state index contributed by atoms with van der Waals surface area (Å²) in [4.78, 5) is 0. The molecule has 1 rings (SSSR count). The van der Waals surface area contributed by atoms with Crippen LogP contribution in [-0.4, -0.2) is 7.11 Å². The predicted octanol–water partition coefficient (Wildman–Crippen LogP) is 3.94. The first kappa shape index (κ1) is 11.4. The van der Waals surface area contributed by atoms with Crippen LogP contribution in [0.3, 0.4) is 0 Å². The summed E-state index contributed by atoms with van der Waals surface area (Å²) in [5, 5.41) is 0.689. The Morgan fingerprint density at radius 1 is 1.29 bits per heavy atom. The first-order chi connectivity index (χ1) is 6.42. The maximum atomic E-state index is 6.03. The van der Waals surface area contributed by atoms with Gasteiger partial charge in [0.2, 0.25) is 0 Å². The highest BCUT2D eigenvalue weighted by molar-refractivity contribution is 6.32. The third-order valence-electron chi connectivity index (χ3n) is 1.95. The van der Waals surface area contributed by atoms with Crippen LogP contribution in [0.15, 0.2) is 18.2 Å². The van der Waals surface area contributed by atoms with Crippen LogP contribution in [0, 0.1) is 5.41 Å². The predicted molar refractivity (Wildman–Crippen MR) is 61.2 cm³/mol. The Hall–Kier alpha value is -0.690. The average Bonchev–Trinajstić information content (AvgIpc) is 2.01. The van der Waals surface area contributed by atoms with E-state index in [2.05, 4.69) is 26.8 Å². The molecule has 2 heteroatoms. The van der Waals surface area contributed by atoms with Crippen molar-refractivity contribution < 1.29 is 4.74 Å². The van der Waals surface area contributed by atoms with Crippen molar-refractivity contribution in [2.45, 2.75) is 27.2 Å². The summed E-state index contributed by atoms with van der Waals surface area (Å²) < 4.78 is 5.10. The van der Waals surface area contributed by atoms with Gasteiger partial charge in [-0.25, -0.2) is 0 Å². The standard InChI is InChI=1S/C12H17ClO/c1-12(2,3)8-9-5-6-11(14-4)10(13)7-9/h5-7H,8H2,1-4H3. The lowest BCUT2D eigenvalue weighted by atomic mass is 9.88. The molecular weight excluding hydrogens is 196 g/mol. The fraction of sp³-hybridized carbons (Fsp3) is 0.500. The van der Waals surface area contributed by atoms with Gasteiger partial charge in [-0.1, -0.05) is 38.4 Å². The van der Waals surface area contributed by atoms with E-state index >= 15 is 0 Å². The van der Waals surface area contributed by atoms with Gasteiger partial charge in [-0.05, 0) is 29.5 Å². The van der Waals surface area contributed by atoms with E-state index in [0.29, 0.717) is 5.02 Å². The van der Waals surface area contributed by atoms with Crippen molar-refractivity contribution in [2.75, 3.05) is 7.11 Å². The zero-order chi connectivity index (χ0) is 10.8. The van der Waals surface area contributed by atoms with E-state index in [1.165, 1.54) is 5.56 Å². The van der Waals surface area contributed by atoms with Crippen LogP contribution in [-0.2, 0) is 6.42 Å². The Labute approximate surface area is 91.0 Å². The molecule has 1 aromatic carbocycles. The minimum absolute atomic E-state index is 0.290. The van der Waals surface area contributed by atoms with Gasteiger partial charge in [0.25, 0.3) is 0 Å². The van der Waals surface area contributed by atoms with Crippen LogP contribution in [0.25, 0.3) is 0 Å². The van der Waals surface area contributed by atoms with Gasteiger partial charge >= 0.3 is 0 Å². The van der Waals surface area contributed by atoms with Crippen LogP contribution in [0.2, 0.25) is 5.02 Å². The number of hydrogen-bond donors (Lipinski definition) is 0. The average molecular weight is 213 g/mol. The Balaban J connectivity index is 2.87. The molecular formula is C12H17ClO. The molecule has 0 spiro atoms. The number of methoxy groups -OCH3 is 1. The van der Waals surface area contributed by atoms with Gasteiger partial charge < -0.3 is 4.74 Å². The molecule has 0 amide bonds. The molecule has 0 unspecified atom stereocenters. The Morgan fingerprint density at radius 3 is 2.36 bits per heavy atom. The van der Waals surface area contributed by atoms with E-state index in [-0.39, 0.29) is 5.41 Å². The van der Waals surface area contributed by atoms with E-state index in [1.807, 2.05) is 12.1 Å². The first-order valence-corrected chi connectivity index (χ1v) is 5.12. The van der Waals surface area contributed by atoms with Crippen molar-refractivity contribution >= 4 is 11.6 Å². The zero-order valence-electron chi connectivity index (χ0n) is 9.23. The van der Waals surface area contributed by atoms with Gasteiger partial charge in [0.05, 0.1) is 12.1 Å². The molecule has 0 aromatic heterocycles. The van der Waals surface area contributed by atoms with Crippen molar-refractivity contribution in [1.29, 1.82) is 0 Å². The molecule has 78 valence electrons. The molecule has 0 aliphatic rings. The topological polar surface area (TPSA) is 9.23 Å². The van der Waals surface area contributed by atoms with Crippen molar-refractivity contribution in [3.63, 3.8) is 0 Å².